The van der Waals surface area contributed by atoms with Crippen molar-refractivity contribution in [1.82, 2.24) is 10.2 Å². The van der Waals surface area contributed by atoms with Gasteiger partial charge in [-0.1, -0.05) is 29.3 Å². The Kier molecular flexibility index (Phi) is 8.13. The van der Waals surface area contributed by atoms with Crippen molar-refractivity contribution in [2.45, 2.75) is 31.7 Å². The molecule has 3 amide bonds. The summed E-state index contributed by atoms with van der Waals surface area (Å²) in [6, 6.07) is 11.1. The fourth-order valence-electron chi connectivity index (χ4n) is 4.51. The highest BCUT2D eigenvalue weighted by molar-refractivity contribution is 6.31. The van der Waals surface area contributed by atoms with Gasteiger partial charge in [-0.2, -0.15) is 0 Å². The quantitative estimate of drug-likeness (QED) is 0.621. The van der Waals surface area contributed by atoms with Gasteiger partial charge in [0.25, 0.3) is 5.91 Å². The number of halogens is 3. The lowest BCUT2D eigenvalue weighted by molar-refractivity contribution is -0.141. The minimum atomic E-state index is -0.611. The molecule has 1 aliphatic carbocycles. The van der Waals surface area contributed by atoms with E-state index in [-0.39, 0.29) is 53.6 Å². The number of nitrogens with one attached hydrogen (secondary N) is 1. The molecule has 0 unspecified atom stereocenters. The summed E-state index contributed by atoms with van der Waals surface area (Å²) >= 11 is 11.7. The van der Waals surface area contributed by atoms with Crippen LogP contribution in [0.4, 0.5) is 10.1 Å². The third-order valence-electron chi connectivity index (χ3n) is 6.35. The van der Waals surface area contributed by atoms with E-state index in [9.17, 15) is 18.8 Å². The highest BCUT2D eigenvalue weighted by Gasteiger charge is 2.34. The van der Waals surface area contributed by atoms with Gasteiger partial charge in [0.2, 0.25) is 11.8 Å². The Bertz CT molecular complexity index is 1110. The minimum absolute atomic E-state index is 0.0121. The first-order chi connectivity index (χ1) is 16.8. The second-order valence-electron chi connectivity index (χ2n) is 8.77. The summed E-state index contributed by atoms with van der Waals surface area (Å²) in [6.45, 7) is 0.702. The molecule has 0 spiro atoms. The number of benzene rings is 2. The number of carbonyl (C=O) groups is 3. The summed E-state index contributed by atoms with van der Waals surface area (Å²) in [5.74, 6) is -1.00. The Balaban J connectivity index is 1.20. The predicted octanol–water partition coefficient (Wildman–Crippen LogP) is 4.06. The topological polar surface area (TPSA) is 79.0 Å². The van der Waals surface area contributed by atoms with Crippen LogP contribution in [0.1, 0.15) is 25.7 Å². The molecular weight excluding hydrogens is 496 g/mol. The lowest BCUT2D eigenvalue weighted by Crippen LogP contribution is -2.54. The van der Waals surface area contributed by atoms with E-state index in [1.54, 1.807) is 28.0 Å². The molecule has 4 rings (SSSR count). The Morgan fingerprint density at radius 3 is 2.51 bits per heavy atom. The Hall–Kier alpha value is -2.84. The molecule has 2 aromatic carbocycles. The zero-order chi connectivity index (χ0) is 24.9. The molecule has 1 heterocycles. The number of nitrogens with zero attached hydrogens (tertiary/aromatic N) is 2. The summed E-state index contributed by atoms with van der Waals surface area (Å²) in [6.07, 6.45) is 2.59. The van der Waals surface area contributed by atoms with Gasteiger partial charge in [0.15, 0.2) is 6.61 Å². The van der Waals surface area contributed by atoms with Crippen molar-refractivity contribution < 1.29 is 23.5 Å². The molecular formula is C25H26Cl2FN3O4. The number of anilines is 1. The van der Waals surface area contributed by atoms with E-state index in [0.29, 0.717) is 43.8 Å². The molecule has 1 saturated carbocycles. The molecule has 2 aliphatic rings. The smallest absolute Gasteiger partial charge is 0.258 e. The van der Waals surface area contributed by atoms with Crippen LogP contribution in [0, 0.1) is 11.7 Å². The van der Waals surface area contributed by atoms with Crippen molar-refractivity contribution in [2.75, 3.05) is 31.1 Å². The largest absolute Gasteiger partial charge is 0.484 e. The number of piperazine rings is 1. The number of hydrogen-bond donors (Lipinski definition) is 1. The van der Waals surface area contributed by atoms with E-state index < -0.39 is 5.82 Å². The van der Waals surface area contributed by atoms with Crippen molar-refractivity contribution in [3.63, 3.8) is 0 Å². The van der Waals surface area contributed by atoms with Crippen LogP contribution in [-0.2, 0) is 14.4 Å². The summed E-state index contributed by atoms with van der Waals surface area (Å²) in [5.41, 5.74) is 0.732. The SMILES string of the molecule is O=C(COc1ccc(Cl)c(F)c1)NC1CCC(C(=O)N2CCN(c3cccc(Cl)c3)C(=O)C2)CC1. The normalized spacial score (nSPS) is 20.5. The molecule has 1 aliphatic heterocycles. The molecule has 35 heavy (non-hydrogen) atoms. The van der Waals surface area contributed by atoms with E-state index in [1.165, 1.54) is 12.1 Å². The molecule has 2 aromatic rings. The van der Waals surface area contributed by atoms with Gasteiger partial charge in [-0.15, -0.1) is 0 Å². The molecule has 1 saturated heterocycles. The van der Waals surface area contributed by atoms with E-state index in [2.05, 4.69) is 5.32 Å². The van der Waals surface area contributed by atoms with Crippen LogP contribution in [-0.4, -0.2) is 54.9 Å². The maximum atomic E-state index is 13.5. The Morgan fingerprint density at radius 2 is 1.83 bits per heavy atom. The summed E-state index contributed by atoms with van der Waals surface area (Å²) in [7, 11) is 0. The third-order valence-corrected chi connectivity index (χ3v) is 6.90. The van der Waals surface area contributed by atoms with E-state index in [1.807, 2.05) is 6.07 Å². The highest BCUT2D eigenvalue weighted by atomic mass is 35.5. The van der Waals surface area contributed by atoms with Crippen molar-refractivity contribution in [3.05, 3.63) is 58.3 Å². The number of carbonyl (C=O) groups excluding carboxylic acids is 3. The van der Waals surface area contributed by atoms with Gasteiger partial charge in [-0.3, -0.25) is 14.4 Å². The van der Waals surface area contributed by atoms with E-state index in [0.717, 1.165) is 11.8 Å². The molecule has 1 N–H and O–H groups in total. The third kappa shape index (κ3) is 6.44. The molecule has 2 fully saturated rings. The van der Waals surface area contributed by atoms with Crippen molar-refractivity contribution in [2.24, 2.45) is 5.92 Å². The molecule has 0 radical (unpaired) electrons. The van der Waals surface area contributed by atoms with Crippen LogP contribution in [0.5, 0.6) is 5.75 Å². The minimum Gasteiger partial charge on any atom is -0.484 e. The zero-order valence-corrected chi connectivity index (χ0v) is 20.5. The lowest BCUT2D eigenvalue weighted by Gasteiger charge is -2.37. The Morgan fingerprint density at radius 1 is 1.06 bits per heavy atom. The molecule has 10 heteroatoms. The van der Waals surface area contributed by atoms with Gasteiger partial charge in [-0.05, 0) is 56.0 Å². The second kappa shape index (κ2) is 11.3. The number of rotatable bonds is 6. The fourth-order valence-corrected chi connectivity index (χ4v) is 4.81. The maximum absolute atomic E-state index is 13.5. The average Bonchev–Trinajstić information content (AvgIpc) is 2.85. The van der Waals surface area contributed by atoms with Crippen molar-refractivity contribution >= 4 is 46.6 Å². The summed E-state index contributed by atoms with van der Waals surface area (Å²) < 4.78 is 18.8. The lowest BCUT2D eigenvalue weighted by atomic mass is 9.85. The van der Waals surface area contributed by atoms with Gasteiger partial charge >= 0.3 is 0 Å². The molecule has 0 atom stereocenters. The molecule has 0 bridgehead atoms. The molecule has 0 aromatic heterocycles. The molecule has 186 valence electrons. The fraction of sp³-hybridized carbons (Fsp3) is 0.400. The highest BCUT2D eigenvalue weighted by Crippen LogP contribution is 2.28. The van der Waals surface area contributed by atoms with E-state index in [4.69, 9.17) is 27.9 Å². The van der Waals surface area contributed by atoms with Crippen LogP contribution >= 0.6 is 23.2 Å². The first-order valence-electron chi connectivity index (χ1n) is 11.5. The van der Waals surface area contributed by atoms with Crippen LogP contribution in [0.15, 0.2) is 42.5 Å². The van der Waals surface area contributed by atoms with Crippen LogP contribution < -0.4 is 15.0 Å². The van der Waals surface area contributed by atoms with Crippen LogP contribution in [0.2, 0.25) is 10.0 Å². The van der Waals surface area contributed by atoms with Crippen LogP contribution in [0.3, 0.4) is 0 Å². The Labute approximate surface area is 213 Å². The molecule has 7 nitrogen and oxygen atoms in total. The summed E-state index contributed by atoms with van der Waals surface area (Å²) in [5, 5.41) is 3.45. The number of ether oxygens (including phenoxy) is 1. The van der Waals surface area contributed by atoms with E-state index >= 15 is 0 Å². The standard InChI is InChI=1S/C25H26Cl2FN3O4/c26-17-2-1-3-19(12-17)31-11-10-30(14-24(31)33)25(34)16-4-6-18(7-5-16)29-23(32)15-35-20-8-9-21(27)22(28)13-20/h1-3,8-9,12-13,16,18H,4-7,10-11,14-15H2,(H,29,32). The van der Waals surface area contributed by atoms with Crippen LogP contribution in [0.25, 0.3) is 0 Å². The van der Waals surface area contributed by atoms with Crippen molar-refractivity contribution in [3.8, 4) is 5.75 Å². The van der Waals surface area contributed by atoms with Gasteiger partial charge < -0.3 is 19.9 Å². The summed E-state index contributed by atoms with van der Waals surface area (Å²) in [4.78, 5) is 41.2. The maximum Gasteiger partial charge on any atom is 0.258 e. The zero-order valence-electron chi connectivity index (χ0n) is 19.0. The number of hydrogen-bond acceptors (Lipinski definition) is 4. The first kappa shape index (κ1) is 25.3. The average molecular weight is 522 g/mol. The monoisotopic (exact) mass is 521 g/mol. The first-order valence-corrected chi connectivity index (χ1v) is 12.3. The predicted molar refractivity (Wildman–Crippen MR) is 131 cm³/mol. The van der Waals surface area contributed by atoms with Gasteiger partial charge in [0, 0.05) is 41.8 Å². The van der Waals surface area contributed by atoms with Gasteiger partial charge in [0.1, 0.15) is 18.1 Å². The van der Waals surface area contributed by atoms with Gasteiger partial charge in [-0.25, -0.2) is 4.39 Å². The van der Waals surface area contributed by atoms with Gasteiger partial charge in [0.05, 0.1) is 5.02 Å². The second-order valence-corrected chi connectivity index (χ2v) is 9.61. The number of amides is 3. The van der Waals surface area contributed by atoms with Crippen molar-refractivity contribution in [1.29, 1.82) is 0 Å².